The van der Waals surface area contributed by atoms with Crippen LogP contribution in [-0.4, -0.2) is 58.3 Å². The number of benzene rings is 1. The number of rotatable bonds is 7. The van der Waals surface area contributed by atoms with Crippen molar-refractivity contribution >= 4 is 18.3 Å². The lowest BCUT2D eigenvalue weighted by molar-refractivity contribution is -0.0526. The lowest BCUT2D eigenvalue weighted by Crippen LogP contribution is -2.42. The lowest BCUT2D eigenvalue weighted by Gasteiger charge is -2.33. The lowest BCUT2D eigenvalue weighted by atomic mass is 9.97. The molecular weight excluding hydrogens is 370 g/mol. The number of methoxy groups -OCH3 is 2. The molecule has 0 radical (unpaired) electrons. The van der Waals surface area contributed by atoms with Gasteiger partial charge in [0.25, 0.3) is 5.91 Å². The normalized spacial score (nSPS) is 16.8. The van der Waals surface area contributed by atoms with Gasteiger partial charge in [-0.3, -0.25) is 4.79 Å². The van der Waals surface area contributed by atoms with E-state index in [1.807, 2.05) is 7.05 Å². The number of carbonyl (C=O) groups is 1. The van der Waals surface area contributed by atoms with E-state index in [2.05, 4.69) is 10.1 Å². The molecule has 1 amide bonds. The largest absolute Gasteiger partial charge is 0.493 e. The summed E-state index contributed by atoms with van der Waals surface area (Å²) in [6.07, 6.45) is 2.00. The molecule has 0 aromatic heterocycles. The number of hydrogen-bond acceptors (Lipinski definition) is 5. The molecular formula is C17H25ClF2N2O4. The van der Waals surface area contributed by atoms with E-state index < -0.39 is 6.61 Å². The molecule has 1 saturated heterocycles. The van der Waals surface area contributed by atoms with Gasteiger partial charge in [0, 0.05) is 18.7 Å². The number of alkyl halides is 2. The second-order valence-corrected chi connectivity index (χ2v) is 5.91. The van der Waals surface area contributed by atoms with Crippen molar-refractivity contribution in [2.24, 2.45) is 5.92 Å². The van der Waals surface area contributed by atoms with Gasteiger partial charge in [-0.2, -0.15) is 8.78 Å². The van der Waals surface area contributed by atoms with E-state index in [4.69, 9.17) is 9.47 Å². The van der Waals surface area contributed by atoms with Crippen LogP contribution >= 0.6 is 12.4 Å². The number of likely N-dealkylation sites (tertiary alicyclic amines) is 1. The Morgan fingerprint density at radius 2 is 1.92 bits per heavy atom. The molecule has 1 unspecified atom stereocenters. The van der Waals surface area contributed by atoms with Gasteiger partial charge >= 0.3 is 6.61 Å². The molecule has 1 fully saturated rings. The highest BCUT2D eigenvalue weighted by Crippen LogP contribution is 2.40. The number of ether oxygens (including phenoxy) is 3. The van der Waals surface area contributed by atoms with Crippen LogP contribution in [-0.2, 0) is 0 Å². The molecule has 2 rings (SSSR count). The molecule has 148 valence electrons. The topological polar surface area (TPSA) is 60.0 Å². The van der Waals surface area contributed by atoms with E-state index in [9.17, 15) is 13.6 Å². The molecule has 0 spiro atoms. The van der Waals surface area contributed by atoms with Crippen molar-refractivity contribution in [3.8, 4) is 17.2 Å². The zero-order valence-corrected chi connectivity index (χ0v) is 15.9. The van der Waals surface area contributed by atoms with Crippen molar-refractivity contribution < 1.29 is 27.8 Å². The van der Waals surface area contributed by atoms with E-state index >= 15 is 0 Å². The van der Waals surface area contributed by atoms with Gasteiger partial charge in [0.15, 0.2) is 11.5 Å². The first-order valence-corrected chi connectivity index (χ1v) is 8.14. The summed E-state index contributed by atoms with van der Waals surface area (Å²) in [5.74, 6) is 0.0655. The summed E-state index contributed by atoms with van der Waals surface area (Å²) in [5, 5.41) is 3.13. The fraction of sp³-hybridized carbons (Fsp3) is 0.588. The van der Waals surface area contributed by atoms with Crippen molar-refractivity contribution in [1.29, 1.82) is 0 Å². The first-order valence-electron chi connectivity index (χ1n) is 8.14. The Labute approximate surface area is 158 Å². The summed E-state index contributed by atoms with van der Waals surface area (Å²) in [7, 11) is 4.54. The summed E-state index contributed by atoms with van der Waals surface area (Å²) in [5.41, 5.74) is 0.320. The van der Waals surface area contributed by atoms with Gasteiger partial charge in [-0.05, 0) is 44.5 Å². The molecule has 1 aliphatic heterocycles. The zero-order valence-electron chi connectivity index (χ0n) is 15.1. The summed E-state index contributed by atoms with van der Waals surface area (Å²) >= 11 is 0. The highest BCUT2D eigenvalue weighted by Gasteiger charge is 2.27. The van der Waals surface area contributed by atoms with E-state index in [1.165, 1.54) is 26.4 Å². The van der Waals surface area contributed by atoms with E-state index in [-0.39, 0.29) is 35.6 Å². The average Bonchev–Trinajstić information content (AvgIpc) is 2.61. The van der Waals surface area contributed by atoms with Crippen LogP contribution in [0.1, 0.15) is 23.2 Å². The van der Waals surface area contributed by atoms with Gasteiger partial charge in [0.05, 0.1) is 14.2 Å². The van der Waals surface area contributed by atoms with Crippen molar-refractivity contribution in [2.75, 3.05) is 40.9 Å². The third kappa shape index (κ3) is 5.35. The van der Waals surface area contributed by atoms with Gasteiger partial charge in [0.2, 0.25) is 5.75 Å². The van der Waals surface area contributed by atoms with Crippen LogP contribution in [0.25, 0.3) is 0 Å². The van der Waals surface area contributed by atoms with E-state index in [0.717, 1.165) is 19.4 Å². The maximum absolute atomic E-state index is 12.8. The molecule has 9 heteroatoms. The second kappa shape index (κ2) is 10.4. The Morgan fingerprint density at radius 1 is 1.31 bits per heavy atom. The van der Waals surface area contributed by atoms with Crippen LogP contribution in [0.2, 0.25) is 0 Å². The fourth-order valence-electron chi connectivity index (χ4n) is 3.10. The van der Waals surface area contributed by atoms with Crippen LogP contribution in [0.15, 0.2) is 12.1 Å². The average molecular weight is 395 g/mol. The quantitative estimate of drug-likeness (QED) is 0.770. The number of nitrogens with zero attached hydrogens (tertiary/aromatic N) is 1. The third-order valence-corrected chi connectivity index (χ3v) is 4.21. The van der Waals surface area contributed by atoms with Gasteiger partial charge < -0.3 is 24.4 Å². The number of hydrogen-bond donors (Lipinski definition) is 1. The molecule has 0 bridgehead atoms. The number of piperidine rings is 1. The van der Waals surface area contributed by atoms with Gasteiger partial charge in [-0.1, -0.05) is 0 Å². The highest BCUT2D eigenvalue weighted by molar-refractivity contribution is 5.95. The maximum Gasteiger partial charge on any atom is 0.387 e. The Balaban J connectivity index is 0.00000338. The van der Waals surface area contributed by atoms with Crippen LogP contribution < -0.4 is 19.5 Å². The minimum absolute atomic E-state index is 0. The standard InChI is InChI=1S/C17H24F2N2O4.ClH/c1-20-9-11-5-4-6-21(10-11)16(22)12-7-13(23-2)15(25-17(18)19)14(8-12)24-3;/h7-8,11,17,20H,4-6,9-10H2,1-3H3;1H. The third-order valence-electron chi connectivity index (χ3n) is 4.21. The Hall–Kier alpha value is -1.80. The van der Waals surface area contributed by atoms with Crippen LogP contribution in [0, 0.1) is 5.92 Å². The second-order valence-electron chi connectivity index (χ2n) is 5.91. The minimum Gasteiger partial charge on any atom is -0.493 e. The van der Waals surface area contributed by atoms with Crippen molar-refractivity contribution in [1.82, 2.24) is 10.2 Å². The molecule has 0 aliphatic carbocycles. The van der Waals surface area contributed by atoms with Gasteiger partial charge in [0.1, 0.15) is 0 Å². The Kier molecular flexibility index (Phi) is 8.87. The Bertz CT molecular complexity index is 577. The zero-order chi connectivity index (χ0) is 18.4. The monoisotopic (exact) mass is 394 g/mol. The molecule has 0 saturated carbocycles. The number of nitrogens with one attached hydrogen (secondary N) is 1. The number of carbonyl (C=O) groups excluding carboxylic acids is 1. The van der Waals surface area contributed by atoms with Crippen LogP contribution in [0.4, 0.5) is 8.78 Å². The van der Waals surface area contributed by atoms with Crippen LogP contribution in [0.5, 0.6) is 17.2 Å². The van der Waals surface area contributed by atoms with Gasteiger partial charge in [-0.15, -0.1) is 12.4 Å². The number of halogens is 3. The molecule has 1 aromatic carbocycles. The minimum atomic E-state index is -3.02. The van der Waals surface area contributed by atoms with Crippen molar-refractivity contribution in [3.05, 3.63) is 17.7 Å². The Morgan fingerprint density at radius 3 is 2.42 bits per heavy atom. The molecule has 1 aliphatic rings. The molecule has 26 heavy (non-hydrogen) atoms. The predicted octanol–water partition coefficient (Wildman–Crippen LogP) is 2.80. The predicted molar refractivity (Wildman–Crippen MR) is 96.0 cm³/mol. The molecule has 1 heterocycles. The van der Waals surface area contributed by atoms with Crippen LogP contribution in [0.3, 0.4) is 0 Å². The van der Waals surface area contributed by atoms with E-state index in [0.29, 0.717) is 24.6 Å². The smallest absolute Gasteiger partial charge is 0.387 e. The molecule has 6 nitrogen and oxygen atoms in total. The molecule has 1 aromatic rings. The summed E-state index contributed by atoms with van der Waals surface area (Å²) < 4.78 is 39.9. The SMILES string of the molecule is CNCC1CCCN(C(=O)c2cc(OC)c(OC(F)F)c(OC)c2)C1.Cl. The molecule has 1 N–H and O–H groups in total. The van der Waals surface area contributed by atoms with E-state index in [1.54, 1.807) is 4.90 Å². The highest BCUT2D eigenvalue weighted by atomic mass is 35.5. The summed E-state index contributed by atoms with van der Waals surface area (Å²) in [6, 6.07) is 2.81. The van der Waals surface area contributed by atoms with Crippen molar-refractivity contribution in [2.45, 2.75) is 19.5 Å². The maximum atomic E-state index is 12.8. The first-order chi connectivity index (χ1) is 12.0. The fourth-order valence-corrected chi connectivity index (χ4v) is 3.10. The summed E-state index contributed by atoms with van der Waals surface area (Å²) in [6.45, 7) is -0.857. The first kappa shape index (κ1) is 22.2. The molecule has 1 atom stereocenters. The van der Waals surface area contributed by atoms with Gasteiger partial charge in [-0.25, -0.2) is 0 Å². The summed E-state index contributed by atoms with van der Waals surface area (Å²) in [4.78, 5) is 14.6. The van der Waals surface area contributed by atoms with Crippen molar-refractivity contribution in [3.63, 3.8) is 0 Å². The number of amides is 1.